The third-order valence-corrected chi connectivity index (χ3v) is 8.36. The highest BCUT2D eigenvalue weighted by atomic mass is 35.5. The average molecular weight is 471 g/mol. The molecule has 0 amide bonds. The Hall–Kier alpha value is -1.86. The number of rotatable bonds is 7. The van der Waals surface area contributed by atoms with Crippen molar-refractivity contribution >= 4 is 55.0 Å². The number of halogens is 1. The van der Waals surface area contributed by atoms with E-state index >= 15 is 0 Å². The zero-order valence-corrected chi connectivity index (χ0v) is 19.7. The van der Waals surface area contributed by atoms with E-state index in [2.05, 4.69) is 18.2 Å². The summed E-state index contributed by atoms with van der Waals surface area (Å²) in [5, 5.41) is 2.60. The van der Waals surface area contributed by atoms with Crippen LogP contribution >= 0.6 is 34.7 Å². The Morgan fingerprint density at radius 2 is 1.97 bits per heavy atom. The molecule has 3 heterocycles. The molecule has 0 saturated carbocycles. The van der Waals surface area contributed by atoms with Gasteiger partial charge in [0, 0.05) is 46.7 Å². The summed E-state index contributed by atoms with van der Waals surface area (Å²) < 4.78 is 3.79. The summed E-state index contributed by atoms with van der Waals surface area (Å²) >= 11 is 9.34. The van der Waals surface area contributed by atoms with Gasteiger partial charge in [-0.1, -0.05) is 53.7 Å². The molecule has 160 valence electrons. The van der Waals surface area contributed by atoms with Gasteiger partial charge >= 0.3 is 0 Å². The van der Waals surface area contributed by atoms with E-state index in [9.17, 15) is 4.79 Å². The lowest BCUT2D eigenvalue weighted by Gasteiger charge is -2.15. The van der Waals surface area contributed by atoms with Crippen LogP contribution in [0.25, 0.3) is 20.3 Å². The monoisotopic (exact) mass is 470 g/mol. The number of thioether (sulfide) groups is 1. The summed E-state index contributed by atoms with van der Waals surface area (Å²) in [5.74, 6) is 0.734. The van der Waals surface area contributed by atoms with Crippen molar-refractivity contribution in [1.29, 1.82) is 0 Å². The SMILES string of the molecule is O=c1c2sc3ccccc3c2nc(SCc2cccc(Cl)c2)n1CCC[NH+]1CCCC1. The molecule has 0 atom stereocenters. The molecule has 2 aromatic carbocycles. The number of likely N-dealkylation sites (tertiary alicyclic amines) is 1. The molecule has 0 radical (unpaired) electrons. The maximum Gasteiger partial charge on any atom is 0.272 e. The molecule has 0 aliphatic carbocycles. The van der Waals surface area contributed by atoms with E-state index < -0.39 is 0 Å². The van der Waals surface area contributed by atoms with E-state index in [1.54, 1.807) is 28.0 Å². The summed E-state index contributed by atoms with van der Waals surface area (Å²) in [6.45, 7) is 4.37. The fourth-order valence-electron chi connectivity index (χ4n) is 4.35. The van der Waals surface area contributed by atoms with Crippen LogP contribution in [-0.4, -0.2) is 29.2 Å². The maximum absolute atomic E-state index is 13.5. The van der Waals surface area contributed by atoms with Crippen molar-refractivity contribution in [2.45, 2.75) is 36.7 Å². The van der Waals surface area contributed by atoms with Crippen LogP contribution in [0, 0.1) is 0 Å². The summed E-state index contributed by atoms with van der Waals surface area (Å²) in [7, 11) is 0. The van der Waals surface area contributed by atoms with Gasteiger partial charge in [0.25, 0.3) is 5.56 Å². The highest BCUT2D eigenvalue weighted by Gasteiger charge is 2.18. The van der Waals surface area contributed by atoms with Gasteiger partial charge in [0.2, 0.25) is 0 Å². The topological polar surface area (TPSA) is 39.3 Å². The molecule has 1 aliphatic rings. The van der Waals surface area contributed by atoms with Crippen molar-refractivity contribution in [3.05, 3.63) is 69.5 Å². The Morgan fingerprint density at radius 1 is 1.13 bits per heavy atom. The molecule has 7 heteroatoms. The number of aromatic nitrogens is 2. The molecule has 5 rings (SSSR count). The Kier molecular flexibility index (Phi) is 6.32. The van der Waals surface area contributed by atoms with Gasteiger partial charge in [-0.15, -0.1) is 11.3 Å². The minimum Gasteiger partial charge on any atom is -0.335 e. The molecule has 0 spiro atoms. The lowest BCUT2D eigenvalue weighted by molar-refractivity contribution is -0.887. The first-order valence-electron chi connectivity index (χ1n) is 10.8. The van der Waals surface area contributed by atoms with Crippen LogP contribution in [0.3, 0.4) is 0 Å². The molecule has 0 bridgehead atoms. The van der Waals surface area contributed by atoms with Crippen LogP contribution in [0.2, 0.25) is 5.02 Å². The second-order valence-corrected chi connectivity index (χ2v) is 10.5. The zero-order chi connectivity index (χ0) is 21.2. The van der Waals surface area contributed by atoms with Gasteiger partial charge in [-0.05, 0) is 23.8 Å². The lowest BCUT2D eigenvalue weighted by atomic mass is 10.2. The van der Waals surface area contributed by atoms with E-state index in [-0.39, 0.29) is 5.56 Å². The van der Waals surface area contributed by atoms with E-state index in [0.717, 1.165) is 61.3 Å². The Labute approximate surface area is 194 Å². The maximum atomic E-state index is 13.5. The Balaban J connectivity index is 1.49. The van der Waals surface area contributed by atoms with Crippen molar-refractivity contribution in [1.82, 2.24) is 9.55 Å². The van der Waals surface area contributed by atoms with E-state index in [4.69, 9.17) is 16.6 Å². The highest BCUT2D eigenvalue weighted by Crippen LogP contribution is 2.32. The van der Waals surface area contributed by atoms with Crippen LogP contribution in [0.5, 0.6) is 0 Å². The molecular weight excluding hydrogens is 446 g/mol. The molecular formula is C24H25ClN3OS2+. The lowest BCUT2D eigenvalue weighted by Crippen LogP contribution is -3.10. The third kappa shape index (κ3) is 4.53. The van der Waals surface area contributed by atoms with Gasteiger partial charge in [0.05, 0.1) is 25.2 Å². The predicted molar refractivity (Wildman–Crippen MR) is 132 cm³/mol. The number of nitrogens with zero attached hydrogens (tertiary/aromatic N) is 2. The fourth-order valence-corrected chi connectivity index (χ4v) is 6.61. The number of quaternary nitrogens is 1. The minimum atomic E-state index is 0.0937. The van der Waals surface area contributed by atoms with E-state index in [1.165, 1.54) is 25.9 Å². The van der Waals surface area contributed by atoms with Gasteiger partial charge in [-0.2, -0.15) is 0 Å². The molecule has 2 aromatic heterocycles. The number of thiophene rings is 1. The molecule has 31 heavy (non-hydrogen) atoms. The number of nitrogens with one attached hydrogen (secondary N) is 1. The number of hydrogen-bond donors (Lipinski definition) is 1. The van der Waals surface area contributed by atoms with Crippen LogP contribution in [-0.2, 0) is 12.3 Å². The van der Waals surface area contributed by atoms with Gasteiger partial charge in [-0.25, -0.2) is 4.98 Å². The Morgan fingerprint density at radius 3 is 2.81 bits per heavy atom. The van der Waals surface area contributed by atoms with Crippen molar-refractivity contribution in [2.75, 3.05) is 19.6 Å². The van der Waals surface area contributed by atoms with E-state index in [1.807, 2.05) is 34.9 Å². The first-order chi connectivity index (χ1) is 15.2. The standard InChI is InChI=1S/C24H24ClN3OS2/c25-18-8-5-7-17(15-18)16-30-24-26-21-19-9-1-2-10-20(19)31-22(21)23(29)28(24)14-6-13-27-11-3-4-12-27/h1-2,5,7-10,15H,3-4,6,11-14,16H2/p+1. The van der Waals surface area contributed by atoms with Crippen LogP contribution in [0.1, 0.15) is 24.8 Å². The normalized spacial score (nSPS) is 14.7. The largest absolute Gasteiger partial charge is 0.335 e. The average Bonchev–Trinajstić information content (AvgIpc) is 3.42. The first kappa shape index (κ1) is 21.0. The molecule has 4 aromatic rings. The van der Waals surface area contributed by atoms with Crippen molar-refractivity contribution in [3.8, 4) is 0 Å². The zero-order valence-electron chi connectivity index (χ0n) is 17.3. The van der Waals surface area contributed by atoms with E-state index in [0.29, 0.717) is 0 Å². The third-order valence-electron chi connectivity index (χ3n) is 5.93. The molecule has 1 saturated heterocycles. The second kappa shape index (κ2) is 9.33. The smallest absolute Gasteiger partial charge is 0.272 e. The predicted octanol–water partition coefficient (Wildman–Crippen LogP) is 4.63. The van der Waals surface area contributed by atoms with Crippen LogP contribution in [0.4, 0.5) is 0 Å². The minimum absolute atomic E-state index is 0.0937. The number of benzene rings is 2. The van der Waals surface area contributed by atoms with Crippen LogP contribution in [0.15, 0.2) is 58.5 Å². The molecule has 1 N–H and O–H groups in total. The summed E-state index contributed by atoms with van der Waals surface area (Å²) in [6.07, 6.45) is 3.65. The van der Waals surface area contributed by atoms with Gasteiger partial charge < -0.3 is 4.90 Å². The quantitative estimate of drug-likeness (QED) is 0.316. The molecule has 4 nitrogen and oxygen atoms in total. The van der Waals surface area contributed by atoms with Crippen LogP contribution < -0.4 is 10.5 Å². The second-order valence-electron chi connectivity index (χ2n) is 8.11. The van der Waals surface area contributed by atoms with Gasteiger partial charge in [0.15, 0.2) is 5.16 Å². The number of hydrogen-bond acceptors (Lipinski definition) is 4. The van der Waals surface area contributed by atoms with Gasteiger partial charge in [0.1, 0.15) is 4.70 Å². The van der Waals surface area contributed by atoms with Crippen molar-refractivity contribution in [2.24, 2.45) is 0 Å². The molecule has 0 unspecified atom stereocenters. The van der Waals surface area contributed by atoms with Crippen molar-refractivity contribution in [3.63, 3.8) is 0 Å². The Bertz CT molecular complexity index is 1280. The first-order valence-corrected chi connectivity index (χ1v) is 13.0. The van der Waals surface area contributed by atoms with Gasteiger partial charge in [-0.3, -0.25) is 9.36 Å². The molecule has 1 aliphatic heterocycles. The molecule has 1 fully saturated rings. The van der Waals surface area contributed by atoms with Crippen molar-refractivity contribution < 1.29 is 4.90 Å². The number of fused-ring (bicyclic) bond motifs is 3. The summed E-state index contributed by atoms with van der Waals surface area (Å²) in [4.78, 5) is 20.2. The summed E-state index contributed by atoms with van der Waals surface area (Å²) in [5.41, 5.74) is 2.06. The summed E-state index contributed by atoms with van der Waals surface area (Å²) in [6, 6.07) is 16.1. The fraction of sp³-hybridized carbons (Fsp3) is 0.333. The highest BCUT2D eigenvalue weighted by molar-refractivity contribution is 7.98.